The van der Waals surface area contributed by atoms with Crippen molar-refractivity contribution >= 4 is 28.9 Å². The van der Waals surface area contributed by atoms with Crippen LogP contribution < -0.4 is 10.1 Å². The van der Waals surface area contributed by atoms with Crippen LogP contribution in [0.3, 0.4) is 0 Å². The van der Waals surface area contributed by atoms with Crippen molar-refractivity contribution in [2.24, 2.45) is 0 Å². The molecule has 10 heteroatoms. The van der Waals surface area contributed by atoms with E-state index in [1.807, 2.05) is 4.90 Å². The fourth-order valence-electron chi connectivity index (χ4n) is 3.28. The van der Waals surface area contributed by atoms with E-state index in [0.29, 0.717) is 30.4 Å². The smallest absolute Gasteiger partial charge is 0.296 e. The number of piperazine rings is 1. The molecule has 0 aromatic heterocycles. The third-order valence-corrected chi connectivity index (χ3v) is 5.27. The van der Waals surface area contributed by atoms with E-state index in [-0.39, 0.29) is 29.6 Å². The highest BCUT2D eigenvalue weighted by Gasteiger charge is 2.22. The minimum absolute atomic E-state index is 0.133. The molecule has 30 heavy (non-hydrogen) atoms. The summed E-state index contributed by atoms with van der Waals surface area (Å²) in [5, 5.41) is 14.3. The van der Waals surface area contributed by atoms with Gasteiger partial charge in [-0.1, -0.05) is 17.7 Å². The Morgan fingerprint density at radius 2 is 1.90 bits per heavy atom. The average Bonchev–Trinajstić information content (AvgIpc) is 2.71. The third kappa shape index (κ3) is 5.65. The average molecular weight is 437 g/mol. The molecule has 0 aliphatic carbocycles. The Morgan fingerprint density at radius 1 is 1.20 bits per heavy atom. The van der Waals surface area contributed by atoms with Crippen LogP contribution >= 0.6 is 11.6 Å². The molecule has 0 saturated carbocycles. The SMILES string of the molecule is COc1ccc(NC(=O)CN2CCN(Cc3ccc(F)cc3Cl)CC2)c([N+](=O)[O-])c1. The van der Waals surface area contributed by atoms with Gasteiger partial charge in [0.15, 0.2) is 0 Å². The Bertz CT molecular complexity index is 935. The number of carbonyl (C=O) groups is 1. The molecule has 160 valence electrons. The molecule has 0 spiro atoms. The first kappa shape index (κ1) is 21.9. The summed E-state index contributed by atoms with van der Waals surface area (Å²) in [6, 6.07) is 8.66. The van der Waals surface area contributed by atoms with Gasteiger partial charge in [-0.25, -0.2) is 4.39 Å². The standard InChI is InChI=1S/C20H22ClFN4O4/c1-30-16-4-5-18(19(11-16)26(28)29)23-20(27)13-25-8-6-24(7-9-25)12-14-2-3-15(22)10-17(14)21/h2-5,10-11H,6-9,12-13H2,1H3,(H,23,27). The molecule has 1 saturated heterocycles. The highest BCUT2D eigenvalue weighted by molar-refractivity contribution is 6.31. The number of hydrogen-bond acceptors (Lipinski definition) is 6. The number of hydrogen-bond donors (Lipinski definition) is 1. The number of halogens is 2. The largest absolute Gasteiger partial charge is 0.496 e. The third-order valence-electron chi connectivity index (χ3n) is 4.92. The molecule has 0 atom stereocenters. The lowest BCUT2D eigenvalue weighted by atomic mass is 10.2. The molecule has 0 radical (unpaired) electrons. The number of methoxy groups -OCH3 is 1. The molecule has 1 N–H and O–H groups in total. The summed E-state index contributed by atoms with van der Waals surface area (Å²) in [5.41, 5.74) is 0.773. The van der Waals surface area contributed by atoms with E-state index in [1.54, 1.807) is 12.1 Å². The van der Waals surface area contributed by atoms with Crippen molar-refractivity contribution in [2.45, 2.75) is 6.54 Å². The number of nitro groups is 1. The van der Waals surface area contributed by atoms with Gasteiger partial charge in [-0.05, 0) is 29.8 Å². The lowest BCUT2D eigenvalue weighted by Crippen LogP contribution is -2.48. The minimum atomic E-state index is -0.558. The number of carbonyl (C=O) groups excluding carboxylic acids is 1. The van der Waals surface area contributed by atoms with Crippen LogP contribution in [0.5, 0.6) is 5.75 Å². The summed E-state index contributed by atoms with van der Waals surface area (Å²) in [4.78, 5) is 27.2. The van der Waals surface area contributed by atoms with Gasteiger partial charge in [0.05, 0.1) is 24.6 Å². The second-order valence-electron chi connectivity index (χ2n) is 6.98. The van der Waals surface area contributed by atoms with Crippen LogP contribution in [0, 0.1) is 15.9 Å². The van der Waals surface area contributed by atoms with Crippen LogP contribution in [0.1, 0.15) is 5.56 Å². The molecule has 3 rings (SSSR count). The van der Waals surface area contributed by atoms with Crippen LogP contribution in [-0.4, -0.2) is 60.5 Å². The van der Waals surface area contributed by atoms with Gasteiger partial charge in [-0.3, -0.25) is 24.7 Å². The zero-order valence-electron chi connectivity index (χ0n) is 16.4. The van der Waals surface area contributed by atoms with Crippen LogP contribution in [0.15, 0.2) is 36.4 Å². The van der Waals surface area contributed by atoms with Crippen LogP contribution in [-0.2, 0) is 11.3 Å². The van der Waals surface area contributed by atoms with E-state index >= 15 is 0 Å². The number of amides is 1. The lowest BCUT2D eigenvalue weighted by molar-refractivity contribution is -0.384. The van der Waals surface area contributed by atoms with Crippen LogP contribution in [0.25, 0.3) is 0 Å². The first-order valence-electron chi connectivity index (χ1n) is 9.36. The number of rotatable bonds is 7. The normalized spacial score (nSPS) is 15.0. The van der Waals surface area contributed by atoms with Gasteiger partial charge in [0.25, 0.3) is 5.69 Å². The van der Waals surface area contributed by atoms with Gasteiger partial charge in [0, 0.05) is 37.7 Å². The molecule has 1 aliphatic heterocycles. The zero-order chi connectivity index (χ0) is 21.7. The molecule has 0 bridgehead atoms. The van der Waals surface area contributed by atoms with Gasteiger partial charge in [0.1, 0.15) is 17.3 Å². The van der Waals surface area contributed by atoms with Crippen molar-refractivity contribution in [3.8, 4) is 5.75 Å². The van der Waals surface area contributed by atoms with Gasteiger partial charge < -0.3 is 10.1 Å². The van der Waals surface area contributed by atoms with Crippen molar-refractivity contribution in [3.05, 3.63) is 62.9 Å². The molecule has 0 unspecified atom stereocenters. The highest BCUT2D eigenvalue weighted by atomic mass is 35.5. The van der Waals surface area contributed by atoms with Crippen molar-refractivity contribution < 1.29 is 18.8 Å². The Balaban J connectivity index is 1.51. The molecule has 1 fully saturated rings. The molecular formula is C20H22ClFN4O4. The molecule has 1 amide bonds. The summed E-state index contributed by atoms with van der Waals surface area (Å²) in [6.45, 7) is 3.52. The number of nitrogens with zero attached hydrogens (tertiary/aromatic N) is 3. The number of benzene rings is 2. The number of ether oxygens (including phenoxy) is 1. The first-order valence-corrected chi connectivity index (χ1v) is 9.74. The molecule has 2 aromatic carbocycles. The summed E-state index contributed by atoms with van der Waals surface area (Å²) in [6.07, 6.45) is 0. The fraction of sp³-hybridized carbons (Fsp3) is 0.350. The molecule has 1 heterocycles. The van der Waals surface area contributed by atoms with E-state index in [2.05, 4.69) is 10.2 Å². The molecule has 1 aliphatic rings. The number of anilines is 1. The summed E-state index contributed by atoms with van der Waals surface area (Å²) in [7, 11) is 1.42. The van der Waals surface area contributed by atoms with Crippen molar-refractivity contribution in [1.29, 1.82) is 0 Å². The van der Waals surface area contributed by atoms with Gasteiger partial charge in [-0.15, -0.1) is 0 Å². The van der Waals surface area contributed by atoms with Gasteiger partial charge >= 0.3 is 0 Å². The topological polar surface area (TPSA) is 88.0 Å². The Morgan fingerprint density at radius 3 is 2.53 bits per heavy atom. The van der Waals surface area contributed by atoms with Crippen LogP contribution in [0.4, 0.5) is 15.8 Å². The highest BCUT2D eigenvalue weighted by Crippen LogP contribution is 2.29. The first-order chi connectivity index (χ1) is 14.4. The van der Waals surface area contributed by atoms with Crippen molar-refractivity contribution in [1.82, 2.24) is 9.80 Å². The minimum Gasteiger partial charge on any atom is -0.496 e. The second kappa shape index (κ2) is 9.84. The van der Waals surface area contributed by atoms with Crippen molar-refractivity contribution in [2.75, 3.05) is 45.2 Å². The maximum atomic E-state index is 13.2. The lowest BCUT2D eigenvalue weighted by Gasteiger charge is -2.34. The Kier molecular flexibility index (Phi) is 7.20. The summed E-state index contributed by atoms with van der Waals surface area (Å²) >= 11 is 6.09. The quantitative estimate of drug-likeness (QED) is 0.530. The Hall–Kier alpha value is -2.75. The number of nitrogens with one attached hydrogen (secondary N) is 1. The fourth-order valence-corrected chi connectivity index (χ4v) is 3.51. The van der Waals surface area contributed by atoms with E-state index in [4.69, 9.17) is 16.3 Å². The number of nitro benzene ring substituents is 1. The van der Waals surface area contributed by atoms with Gasteiger partial charge in [-0.2, -0.15) is 0 Å². The second-order valence-corrected chi connectivity index (χ2v) is 7.38. The van der Waals surface area contributed by atoms with E-state index < -0.39 is 4.92 Å². The maximum absolute atomic E-state index is 13.2. The monoisotopic (exact) mass is 436 g/mol. The summed E-state index contributed by atoms with van der Waals surface area (Å²) in [5.74, 6) is -0.341. The zero-order valence-corrected chi connectivity index (χ0v) is 17.2. The predicted octanol–water partition coefficient (Wildman–Crippen LogP) is 3.15. The predicted molar refractivity (Wildman–Crippen MR) is 111 cm³/mol. The van der Waals surface area contributed by atoms with E-state index in [9.17, 15) is 19.3 Å². The summed E-state index contributed by atoms with van der Waals surface area (Å²) < 4.78 is 18.2. The molecule has 2 aromatic rings. The Labute approximate surface area is 178 Å². The molecular weight excluding hydrogens is 415 g/mol. The van der Waals surface area contributed by atoms with Gasteiger partial charge in [0.2, 0.25) is 5.91 Å². The maximum Gasteiger partial charge on any atom is 0.296 e. The van der Waals surface area contributed by atoms with Crippen molar-refractivity contribution in [3.63, 3.8) is 0 Å². The molecule has 8 nitrogen and oxygen atoms in total. The van der Waals surface area contributed by atoms with E-state index in [1.165, 1.54) is 31.4 Å². The van der Waals surface area contributed by atoms with Crippen LogP contribution in [0.2, 0.25) is 5.02 Å². The van der Waals surface area contributed by atoms with E-state index in [0.717, 1.165) is 18.7 Å².